The predicted octanol–water partition coefficient (Wildman–Crippen LogP) is 2.89. The summed E-state index contributed by atoms with van der Waals surface area (Å²) in [6, 6.07) is 3.06. The van der Waals surface area contributed by atoms with Crippen molar-refractivity contribution >= 4 is 6.08 Å². The van der Waals surface area contributed by atoms with Crippen LogP contribution in [0.4, 0.5) is 4.39 Å². The summed E-state index contributed by atoms with van der Waals surface area (Å²) >= 11 is 0. The van der Waals surface area contributed by atoms with Gasteiger partial charge in [0.15, 0.2) is 0 Å². The van der Waals surface area contributed by atoms with E-state index >= 15 is 0 Å². The van der Waals surface area contributed by atoms with Crippen molar-refractivity contribution in [2.75, 3.05) is 6.61 Å². The van der Waals surface area contributed by atoms with Crippen LogP contribution in [0.1, 0.15) is 17.5 Å². The minimum absolute atomic E-state index is 0.374. The summed E-state index contributed by atoms with van der Waals surface area (Å²) in [6.07, 6.45) is 4.21. The molecular formula is C11H10FNO2. The molecule has 0 fully saturated rings. The van der Waals surface area contributed by atoms with Crippen molar-refractivity contribution in [3.05, 3.63) is 40.2 Å². The molecule has 1 aromatic rings. The first kappa shape index (κ1) is 9.83. The molecule has 15 heavy (non-hydrogen) atoms. The van der Waals surface area contributed by atoms with Crippen LogP contribution < -0.4 is 4.74 Å². The lowest BCUT2D eigenvalue weighted by atomic mass is 10.0. The van der Waals surface area contributed by atoms with Crippen molar-refractivity contribution in [1.29, 1.82) is 0 Å². The summed E-state index contributed by atoms with van der Waals surface area (Å²) in [5.74, 6) is 0.213. The largest absolute Gasteiger partial charge is 0.493 e. The lowest BCUT2D eigenvalue weighted by Crippen LogP contribution is -2.09. The van der Waals surface area contributed by atoms with Crippen LogP contribution in [0.15, 0.2) is 23.5 Å². The first-order valence-corrected chi connectivity index (χ1v) is 4.75. The molecule has 1 aliphatic heterocycles. The Balaban J connectivity index is 2.40. The van der Waals surface area contributed by atoms with Crippen LogP contribution in [0.25, 0.3) is 6.08 Å². The van der Waals surface area contributed by atoms with E-state index in [9.17, 15) is 9.30 Å². The number of fused-ring (bicyclic) bond motifs is 1. The van der Waals surface area contributed by atoms with Gasteiger partial charge < -0.3 is 4.74 Å². The fraction of sp³-hybridized carbons (Fsp3) is 0.273. The van der Waals surface area contributed by atoms with Gasteiger partial charge in [-0.1, -0.05) is 0 Å². The predicted molar refractivity (Wildman–Crippen MR) is 55.0 cm³/mol. The van der Waals surface area contributed by atoms with Crippen LogP contribution in [0.5, 0.6) is 5.75 Å². The Bertz CT molecular complexity index is 415. The van der Waals surface area contributed by atoms with E-state index in [1.54, 1.807) is 6.07 Å². The number of hydrogen-bond acceptors (Lipinski definition) is 3. The van der Waals surface area contributed by atoms with E-state index in [2.05, 4.69) is 5.18 Å². The Morgan fingerprint density at radius 1 is 1.47 bits per heavy atom. The maximum Gasteiger partial charge on any atom is 0.134 e. The Morgan fingerprint density at radius 2 is 2.33 bits per heavy atom. The molecule has 0 N–H and O–H groups in total. The number of benzene rings is 1. The molecule has 4 heteroatoms. The van der Waals surface area contributed by atoms with Crippen molar-refractivity contribution < 1.29 is 9.13 Å². The quantitative estimate of drug-likeness (QED) is 0.699. The number of hydrogen-bond donors (Lipinski definition) is 0. The zero-order chi connectivity index (χ0) is 10.7. The molecule has 0 spiro atoms. The van der Waals surface area contributed by atoms with E-state index in [4.69, 9.17) is 4.74 Å². The summed E-state index contributed by atoms with van der Waals surface area (Å²) in [6.45, 7) is 0.636. The summed E-state index contributed by atoms with van der Waals surface area (Å²) in [5, 5.41) is 2.56. The van der Waals surface area contributed by atoms with Crippen LogP contribution in [-0.2, 0) is 6.42 Å². The van der Waals surface area contributed by atoms with Crippen LogP contribution in [0, 0.1) is 10.7 Å². The highest BCUT2D eigenvalue weighted by Gasteiger charge is 2.13. The number of nitroso groups, excluding NO2 is 1. The van der Waals surface area contributed by atoms with E-state index in [1.807, 2.05) is 0 Å². The number of ether oxygens (including phenoxy) is 1. The topological polar surface area (TPSA) is 38.7 Å². The zero-order valence-electron chi connectivity index (χ0n) is 8.07. The van der Waals surface area contributed by atoms with Crippen LogP contribution in [0.2, 0.25) is 0 Å². The van der Waals surface area contributed by atoms with Gasteiger partial charge in [-0.3, -0.25) is 0 Å². The van der Waals surface area contributed by atoms with E-state index < -0.39 is 5.82 Å². The molecule has 0 saturated carbocycles. The Kier molecular flexibility index (Phi) is 2.76. The number of rotatable bonds is 2. The molecule has 1 heterocycles. The summed E-state index contributed by atoms with van der Waals surface area (Å²) in [4.78, 5) is 9.89. The number of aryl methyl sites for hydroxylation is 1. The molecule has 0 radical (unpaired) electrons. The average molecular weight is 207 g/mol. The van der Waals surface area contributed by atoms with E-state index in [0.717, 1.165) is 24.6 Å². The molecule has 0 atom stereocenters. The Labute approximate surface area is 86.5 Å². The van der Waals surface area contributed by atoms with Gasteiger partial charge in [-0.15, -0.1) is 4.91 Å². The fourth-order valence-corrected chi connectivity index (χ4v) is 1.63. The van der Waals surface area contributed by atoms with Gasteiger partial charge in [-0.05, 0) is 35.7 Å². The molecule has 78 valence electrons. The van der Waals surface area contributed by atoms with Crippen molar-refractivity contribution in [2.45, 2.75) is 12.8 Å². The third kappa shape index (κ3) is 2.03. The van der Waals surface area contributed by atoms with Crippen molar-refractivity contribution in [3.63, 3.8) is 0 Å². The number of halogens is 1. The second-order valence-corrected chi connectivity index (χ2v) is 3.35. The minimum Gasteiger partial charge on any atom is -0.493 e. The summed E-state index contributed by atoms with van der Waals surface area (Å²) in [7, 11) is 0. The molecule has 0 saturated heterocycles. The first-order chi connectivity index (χ1) is 7.31. The molecule has 0 aromatic heterocycles. The van der Waals surface area contributed by atoms with Crippen LogP contribution in [0.3, 0.4) is 0 Å². The highest BCUT2D eigenvalue weighted by atomic mass is 19.1. The molecule has 3 nitrogen and oxygen atoms in total. The molecule has 0 bridgehead atoms. The summed E-state index contributed by atoms with van der Waals surface area (Å²) in [5.41, 5.74) is 1.35. The van der Waals surface area contributed by atoms with Crippen LogP contribution >= 0.6 is 0 Å². The van der Waals surface area contributed by atoms with Crippen molar-refractivity contribution in [1.82, 2.24) is 0 Å². The molecule has 0 aliphatic carbocycles. The monoisotopic (exact) mass is 207 g/mol. The van der Waals surface area contributed by atoms with Gasteiger partial charge in [0.05, 0.1) is 12.8 Å². The van der Waals surface area contributed by atoms with Crippen molar-refractivity contribution in [3.8, 4) is 5.75 Å². The highest BCUT2D eigenvalue weighted by Crippen LogP contribution is 2.28. The smallest absolute Gasteiger partial charge is 0.134 e. The van der Waals surface area contributed by atoms with Gasteiger partial charge in [-0.2, -0.15) is 0 Å². The standard InChI is InChI=1S/C11H10FNO2/c12-10-7-11-9(2-1-5-15-11)6-8(10)3-4-13-14/h3-4,6-7H,1-2,5H2/b4-3+. The third-order valence-electron chi connectivity index (χ3n) is 2.34. The highest BCUT2D eigenvalue weighted by molar-refractivity contribution is 5.54. The maximum atomic E-state index is 13.4. The molecular weight excluding hydrogens is 197 g/mol. The molecule has 0 unspecified atom stereocenters. The SMILES string of the molecule is O=N/C=C/c1cc2c(cc1F)OCCC2. The van der Waals surface area contributed by atoms with E-state index in [-0.39, 0.29) is 0 Å². The first-order valence-electron chi connectivity index (χ1n) is 4.75. The second-order valence-electron chi connectivity index (χ2n) is 3.35. The van der Waals surface area contributed by atoms with Gasteiger partial charge in [0.2, 0.25) is 0 Å². The molecule has 0 amide bonds. The van der Waals surface area contributed by atoms with Gasteiger partial charge in [0, 0.05) is 11.6 Å². The number of nitrogens with zero attached hydrogens (tertiary/aromatic N) is 1. The molecule has 1 aliphatic rings. The fourth-order valence-electron chi connectivity index (χ4n) is 1.63. The Morgan fingerprint density at radius 3 is 3.13 bits per heavy atom. The minimum atomic E-state index is -0.393. The normalized spacial score (nSPS) is 14.7. The van der Waals surface area contributed by atoms with Gasteiger partial charge >= 0.3 is 0 Å². The lowest BCUT2D eigenvalue weighted by molar-refractivity contribution is 0.286. The maximum absolute atomic E-state index is 13.4. The van der Waals surface area contributed by atoms with E-state index in [0.29, 0.717) is 17.9 Å². The van der Waals surface area contributed by atoms with E-state index in [1.165, 1.54) is 12.1 Å². The second kappa shape index (κ2) is 4.21. The van der Waals surface area contributed by atoms with Gasteiger partial charge in [0.25, 0.3) is 0 Å². The van der Waals surface area contributed by atoms with Gasteiger partial charge in [-0.25, -0.2) is 4.39 Å². The third-order valence-corrected chi connectivity index (χ3v) is 2.34. The lowest BCUT2D eigenvalue weighted by Gasteiger charge is -2.17. The van der Waals surface area contributed by atoms with Crippen molar-refractivity contribution in [2.24, 2.45) is 5.18 Å². The van der Waals surface area contributed by atoms with Gasteiger partial charge in [0.1, 0.15) is 11.6 Å². The summed E-state index contributed by atoms with van der Waals surface area (Å²) < 4.78 is 18.7. The average Bonchev–Trinajstić information content (AvgIpc) is 2.26. The zero-order valence-corrected chi connectivity index (χ0v) is 8.07. The molecule has 2 rings (SSSR count). The Hall–Kier alpha value is -1.71. The molecule has 1 aromatic carbocycles. The van der Waals surface area contributed by atoms with Crippen LogP contribution in [-0.4, -0.2) is 6.61 Å².